The van der Waals surface area contributed by atoms with Gasteiger partial charge in [0.05, 0.1) is 25.3 Å². The summed E-state index contributed by atoms with van der Waals surface area (Å²) in [6.07, 6.45) is 2.08. The van der Waals surface area contributed by atoms with E-state index in [1.807, 2.05) is 37.6 Å². The average molecular weight is 316 g/mol. The van der Waals surface area contributed by atoms with E-state index in [9.17, 15) is 4.79 Å². The van der Waals surface area contributed by atoms with Crippen LogP contribution < -0.4 is 5.32 Å². The second-order valence-electron chi connectivity index (χ2n) is 5.63. The topological polar surface area (TPSA) is 69.0 Å². The summed E-state index contributed by atoms with van der Waals surface area (Å²) in [7, 11) is 1.67. The van der Waals surface area contributed by atoms with Crippen LogP contribution in [0.4, 0.5) is 0 Å². The third kappa shape index (κ3) is 4.63. The van der Waals surface area contributed by atoms with E-state index in [2.05, 4.69) is 15.4 Å². The lowest BCUT2D eigenvalue weighted by Gasteiger charge is -2.07. The summed E-state index contributed by atoms with van der Waals surface area (Å²) >= 11 is 0. The maximum absolute atomic E-state index is 12.1. The predicted molar refractivity (Wildman–Crippen MR) is 88.1 cm³/mol. The van der Waals surface area contributed by atoms with E-state index in [-0.39, 0.29) is 5.91 Å². The molecular weight excluding hydrogens is 292 g/mol. The Morgan fingerprint density at radius 3 is 2.74 bits per heavy atom. The van der Waals surface area contributed by atoms with Gasteiger partial charge in [-0.25, -0.2) is 0 Å². The summed E-state index contributed by atoms with van der Waals surface area (Å²) in [6, 6.07) is 3.85. The standard InChI is InChI=1S/C17H24N4O2/c1-12-5-6-15(10-18-12)9-17(22)19-11-16-13(2)20-21(14(16)3)7-8-23-4/h5-6,10H,7-9,11H2,1-4H3,(H,19,22). The summed E-state index contributed by atoms with van der Waals surface area (Å²) in [5.74, 6) is -0.0147. The van der Waals surface area contributed by atoms with Gasteiger partial charge in [-0.1, -0.05) is 6.07 Å². The monoisotopic (exact) mass is 316 g/mol. The number of amides is 1. The Kier molecular flexibility index (Phi) is 5.87. The molecule has 1 amide bonds. The van der Waals surface area contributed by atoms with E-state index < -0.39 is 0 Å². The van der Waals surface area contributed by atoms with Gasteiger partial charge in [-0.05, 0) is 32.4 Å². The van der Waals surface area contributed by atoms with Crippen molar-refractivity contribution in [2.45, 2.75) is 40.3 Å². The summed E-state index contributed by atoms with van der Waals surface area (Å²) < 4.78 is 7.01. The van der Waals surface area contributed by atoms with Crippen molar-refractivity contribution in [1.29, 1.82) is 0 Å². The third-order valence-electron chi connectivity index (χ3n) is 3.84. The smallest absolute Gasteiger partial charge is 0.224 e. The largest absolute Gasteiger partial charge is 0.383 e. The van der Waals surface area contributed by atoms with Gasteiger partial charge in [0.1, 0.15) is 0 Å². The van der Waals surface area contributed by atoms with Crippen molar-refractivity contribution in [3.63, 3.8) is 0 Å². The van der Waals surface area contributed by atoms with Crippen LogP contribution in [0.3, 0.4) is 0 Å². The lowest BCUT2D eigenvalue weighted by molar-refractivity contribution is -0.120. The molecule has 0 fully saturated rings. The average Bonchev–Trinajstić information content (AvgIpc) is 2.79. The number of hydrogen-bond acceptors (Lipinski definition) is 4. The Hall–Kier alpha value is -2.21. The zero-order valence-electron chi connectivity index (χ0n) is 14.2. The molecule has 6 nitrogen and oxygen atoms in total. The number of ether oxygens (including phenoxy) is 1. The first kappa shape index (κ1) is 17.1. The van der Waals surface area contributed by atoms with Gasteiger partial charge in [0.15, 0.2) is 0 Å². The van der Waals surface area contributed by atoms with Crippen molar-refractivity contribution in [2.75, 3.05) is 13.7 Å². The number of carbonyl (C=O) groups is 1. The Morgan fingerprint density at radius 2 is 2.09 bits per heavy atom. The van der Waals surface area contributed by atoms with Gasteiger partial charge in [-0.15, -0.1) is 0 Å². The van der Waals surface area contributed by atoms with Gasteiger partial charge in [-0.3, -0.25) is 14.5 Å². The van der Waals surface area contributed by atoms with Crippen molar-refractivity contribution < 1.29 is 9.53 Å². The second kappa shape index (κ2) is 7.87. The van der Waals surface area contributed by atoms with Crippen molar-refractivity contribution in [3.05, 3.63) is 46.5 Å². The maximum Gasteiger partial charge on any atom is 0.224 e. The Morgan fingerprint density at radius 1 is 1.30 bits per heavy atom. The minimum Gasteiger partial charge on any atom is -0.383 e. The van der Waals surface area contributed by atoms with Crippen LogP contribution in [-0.2, 0) is 29.0 Å². The number of aromatic nitrogens is 3. The molecule has 2 aromatic heterocycles. The number of rotatable bonds is 7. The first-order chi connectivity index (χ1) is 11.0. The quantitative estimate of drug-likeness (QED) is 0.844. The SMILES string of the molecule is COCCn1nc(C)c(CNC(=O)Cc2ccc(C)nc2)c1C. The molecule has 2 heterocycles. The van der Waals surface area contributed by atoms with E-state index in [0.717, 1.165) is 28.2 Å². The van der Waals surface area contributed by atoms with Crippen LogP contribution in [0.5, 0.6) is 0 Å². The summed E-state index contributed by atoms with van der Waals surface area (Å²) in [5, 5.41) is 7.46. The van der Waals surface area contributed by atoms with E-state index in [1.165, 1.54) is 0 Å². The minimum absolute atomic E-state index is 0.0147. The second-order valence-corrected chi connectivity index (χ2v) is 5.63. The molecule has 2 rings (SSSR count). The van der Waals surface area contributed by atoms with Gasteiger partial charge < -0.3 is 10.1 Å². The van der Waals surface area contributed by atoms with E-state index in [4.69, 9.17) is 4.74 Å². The van der Waals surface area contributed by atoms with E-state index >= 15 is 0 Å². The molecule has 0 aromatic carbocycles. The highest BCUT2D eigenvalue weighted by Gasteiger charge is 2.12. The first-order valence-electron chi connectivity index (χ1n) is 7.71. The van der Waals surface area contributed by atoms with E-state index in [1.54, 1.807) is 13.3 Å². The third-order valence-corrected chi connectivity index (χ3v) is 3.84. The molecule has 0 saturated heterocycles. The van der Waals surface area contributed by atoms with Gasteiger partial charge in [-0.2, -0.15) is 5.10 Å². The Balaban J connectivity index is 1.93. The molecular formula is C17H24N4O2. The molecule has 0 bridgehead atoms. The van der Waals surface area contributed by atoms with Crippen LogP contribution in [0.2, 0.25) is 0 Å². The van der Waals surface area contributed by atoms with Crippen LogP contribution in [-0.4, -0.2) is 34.4 Å². The fourth-order valence-corrected chi connectivity index (χ4v) is 2.42. The van der Waals surface area contributed by atoms with E-state index in [0.29, 0.717) is 26.1 Å². The Labute approximate surface area is 136 Å². The number of nitrogens with zero attached hydrogens (tertiary/aromatic N) is 3. The lowest BCUT2D eigenvalue weighted by atomic mass is 10.1. The number of carbonyl (C=O) groups excluding carboxylic acids is 1. The molecule has 23 heavy (non-hydrogen) atoms. The van der Waals surface area contributed by atoms with Crippen LogP contribution in [0.25, 0.3) is 0 Å². The van der Waals surface area contributed by atoms with Gasteiger partial charge in [0.2, 0.25) is 5.91 Å². The van der Waals surface area contributed by atoms with Crippen LogP contribution in [0, 0.1) is 20.8 Å². The number of nitrogens with one attached hydrogen (secondary N) is 1. The molecule has 0 saturated carbocycles. The molecule has 0 aliphatic rings. The highest BCUT2D eigenvalue weighted by molar-refractivity contribution is 5.78. The Bertz CT molecular complexity index is 662. The zero-order valence-corrected chi connectivity index (χ0v) is 14.2. The molecule has 0 aliphatic carbocycles. The van der Waals surface area contributed by atoms with Crippen molar-refractivity contribution >= 4 is 5.91 Å². The molecule has 6 heteroatoms. The van der Waals surface area contributed by atoms with Crippen LogP contribution in [0.15, 0.2) is 18.3 Å². The number of aryl methyl sites for hydroxylation is 2. The summed E-state index contributed by atoms with van der Waals surface area (Å²) in [6.45, 7) is 7.72. The fraction of sp³-hybridized carbons (Fsp3) is 0.471. The molecule has 2 aromatic rings. The highest BCUT2D eigenvalue weighted by Crippen LogP contribution is 2.13. The van der Waals surface area contributed by atoms with Gasteiger partial charge in [0, 0.05) is 36.8 Å². The highest BCUT2D eigenvalue weighted by atomic mass is 16.5. The van der Waals surface area contributed by atoms with Crippen molar-refractivity contribution in [1.82, 2.24) is 20.1 Å². The lowest BCUT2D eigenvalue weighted by Crippen LogP contribution is -2.25. The van der Waals surface area contributed by atoms with Crippen molar-refractivity contribution in [2.24, 2.45) is 0 Å². The van der Waals surface area contributed by atoms with Gasteiger partial charge >= 0.3 is 0 Å². The molecule has 0 radical (unpaired) electrons. The normalized spacial score (nSPS) is 10.8. The first-order valence-corrected chi connectivity index (χ1v) is 7.71. The summed E-state index contributed by atoms with van der Waals surface area (Å²) in [5.41, 5.74) is 4.94. The predicted octanol–water partition coefficient (Wildman–Crippen LogP) is 1.71. The molecule has 0 spiro atoms. The molecule has 0 atom stereocenters. The number of hydrogen-bond donors (Lipinski definition) is 1. The van der Waals surface area contributed by atoms with Crippen molar-refractivity contribution in [3.8, 4) is 0 Å². The van der Waals surface area contributed by atoms with Gasteiger partial charge in [0.25, 0.3) is 0 Å². The molecule has 124 valence electrons. The maximum atomic E-state index is 12.1. The zero-order chi connectivity index (χ0) is 16.8. The fourth-order valence-electron chi connectivity index (χ4n) is 2.42. The minimum atomic E-state index is -0.0147. The molecule has 1 N–H and O–H groups in total. The van der Waals surface area contributed by atoms with Crippen LogP contribution >= 0.6 is 0 Å². The number of methoxy groups -OCH3 is 1. The number of pyridine rings is 1. The molecule has 0 unspecified atom stereocenters. The molecule has 0 aliphatic heterocycles. The summed E-state index contributed by atoms with van der Waals surface area (Å²) in [4.78, 5) is 16.3. The van der Waals surface area contributed by atoms with Crippen LogP contribution in [0.1, 0.15) is 28.2 Å².